The molecule has 3 heterocycles. The maximum atomic E-state index is 12.6. The molecule has 1 atom stereocenters. The van der Waals surface area contributed by atoms with Gasteiger partial charge in [-0.3, -0.25) is 14.5 Å². The zero-order valence-corrected chi connectivity index (χ0v) is 15.2. The van der Waals surface area contributed by atoms with Crippen molar-refractivity contribution in [3.63, 3.8) is 0 Å². The molecule has 0 aliphatic carbocycles. The molecule has 2 N–H and O–H groups in total. The summed E-state index contributed by atoms with van der Waals surface area (Å²) in [6.45, 7) is 4.23. The van der Waals surface area contributed by atoms with E-state index in [0.29, 0.717) is 22.6 Å². The van der Waals surface area contributed by atoms with Crippen LogP contribution in [-0.4, -0.2) is 66.0 Å². The van der Waals surface area contributed by atoms with Crippen LogP contribution in [0.25, 0.3) is 10.9 Å². The van der Waals surface area contributed by atoms with Crippen LogP contribution in [0.1, 0.15) is 29.8 Å². The van der Waals surface area contributed by atoms with Crippen LogP contribution in [0.4, 0.5) is 0 Å². The van der Waals surface area contributed by atoms with Crippen LogP contribution in [0.2, 0.25) is 0 Å². The molecule has 2 saturated heterocycles. The van der Waals surface area contributed by atoms with Crippen molar-refractivity contribution in [3.05, 3.63) is 46.2 Å². The number of aromatic amines is 1. The molecule has 6 nitrogen and oxygen atoms in total. The van der Waals surface area contributed by atoms with Crippen molar-refractivity contribution in [2.75, 3.05) is 33.2 Å². The largest absolute Gasteiger partial charge is 0.350 e. The molecule has 4 rings (SSSR count). The summed E-state index contributed by atoms with van der Waals surface area (Å²) in [6, 6.07) is 9.47. The zero-order valence-electron chi connectivity index (χ0n) is 15.2. The van der Waals surface area contributed by atoms with E-state index in [1.54, 1.807) is 6.07 Å². The molecule has 1 aromatic carbocycles. The van der Waals surface area contributed by atoms with Crippen LogP contribution < -0.4 is 10.7 Å². The molecule has 1 aromatic heterocycles. The van der Waals surface area contributed by atoms with Gasteiger partial charge in [-0.25, -0.2) is 0 Å². The van der Waals surface area contributed by atoms with Gasteiger partial charge in [-0.15, -0.1) is 0 Å². The number of carbonyl (C=O) groups excluding carboxylic acids is 1. The monoisotopic (exact) mass is 354 g/mol. The van der Waals surface area contributed by atoms with Crippen molar-refractivity contribution >= 4 is 16.8 Å². The smallest absolute Gasteiger partial charge is 0.268 e. The third-order valence-corrected chi connectivity index (χ3v) is 5.74. The molecule has 2 aromatic rings. The van der Waals surface area contributed by atoms with E-state index < -0.39 is 0 Å². The number of aromatic nitrogens is 1. The van der Waals surface area contributed by atoms with Crippen LogP contribution in [0, 0.1) is 0 Å². The molecular weight excluding hydrogens is 328 g/mol. The van der Waals surface area contributed by atoms with Crippen molar-refractivity contribution in [3.8, 4) is 0 Å². The van der Waals surface area contributed by atoms with Gasteiger partial charge in [-0.1, -0.05) is 12.1 Å². The van der Waals surface area contributed by atoms with Crippen molar-refractivity contribution in [2.45, 2.75) is 31.3 Å². The highest BCUT2D eigenvalue weighted by molar-refractivity contribution is 5.95. The fourth-order valence-corrected chi connectivity index (χ4v) is 4.18. The van der Waals surface area contributed by atoms with E-state index in [0.717, 1.165) is 32.6 Å². The fourth-order valence-electron chi connectivity index (χ4n) is 4.18. The summed E-state index contributed by atoms with van der Waals surface area (Å²) in [5.74, 6) is -0.192. The maximum Gasteiger partial charge on any atom is 0.268 e. The Morgan fingerprint density at radius 2 is 1.92 bits per heavy atom. The van der Waals surface area contributed by atoms with Gasteiger partial charge >= 0.3 is 0 Å². The molecule has 0 saturated carbocycles. The van der Waals surface area contributed by atoms with Gasteiger partial charge in [0, 0.05) is 42.1 Å². The summed E-state index contributed by atoms with van der Waals surface area (Å²) >= 11 is 0. The van der Waals surface area contributed by atoms with E-state index in [2.05, 4.69) is 27.1 Å². The number of nitrogens with zero attached hydrogens (tertiary/aromatic N) is 2. The van der Waals surface area contributed by atoms with E-state index in [1.165, 1.54) is 18.9 Å². The lowest BCUT2D eigenvalue weighted by molar-refractivity contribution is 0.0927. The molecule has 1 unspecified atom stereocenters. The summed E-state index contributed by atoms with van der Waals surface area (Å²) in [5, 5.41) is 3.71. The molecule has 1 amide bonds. The number of pyridine rings is 1. The molecule has 138 valence electrons. The van der Waals surface area contributed by atoms with E-state index >= 15 is 0 Å². The third-order valence-electron chi connectivity index (χ3n) is 5.74. The molecule has 0 radical (unpaired) electrons. The molecule has 0 bridgehead atoms. The van der Waals surface area contributed by atoms with E-state index in [9.17, 15) is 9.59 Å². The highest BCUT2D eigenvalue weighted by Crippen LogP contribution is 2.21. The number of benzene rings is 1. The minimum atomic E-state index is -0.192. The number of carbonyl (C=O) groups is 1. The van der Waals surface area contributed by atoms with Crippen molar-refractivity contribution in [1.82, 2.24) is 20.1 Å². The van der Waals surface area contributed by atoms with Crippen LogP contribution in [0.15, 0.2) is 35.1 Å². The number of fused-ring (bicyclic) bond motifs is 1. The Labute approximate surface area is 153 Å². The van der Waals surface area contributed by atoms with Gasteiger partial charge in [0.25, 0.3) is 5.91 Å². The van der Waals surface area contributed by atoms with Gasteiger partial charge in [0.05, 0.1) is 0 Å². The lowest BCUT2D eigenvalue weighted by Gasteiger charge is -2.35. The first-order valence-corrected chi connectivity index (χ1v) is 9.45. The zero-order chi connectivity index (χ0) is 18.1. The molecule has 2 aliphatic heterocycles. The summed E-state index contributed by atoms with van der Waals surface area (Å²) in [4.78, 5) is 32.8. The van der Waals surface area contributed by atoms with Crippen molar-refractivity contribution < 1.29 is 4.79 Å². The number of rotatable bonds is 3. The first-order chi connectivity index (χ1) is 12.6. The van der Waals surface area contributed by atoms with Crippen LogP contribution >= 0.6 is 0 Å². The average molecular weight is 354 g/mol. The number of piperidine rings is 1. The Hall–Kier alpha value is -2.18. The first-order valence-electron chi connectivity index (χ1n) is 9.45. The Kier molecular flexibility index (Phi) is 4.78. The van der Waals surface area contributed by atoms with Gasteiger partial charge in [-0.05, 0) is 51.5 Å². The predicted molar refractivity (Wildman–Crippen MR) is 103 cm³/mol. The number of nitrogens with one attached hydrogen (secondary N) is 2. The molecule has 2 fully saturated rings. The molecule has 26 heavy (non-hydrogen) atoms. The number of hydrogen-bond acceptors (Lipinski definition) is 4. The number of para-hydroxylation sites is 1. The second kappa shape index (κ2) is 7.21. The SMILES string of the molecule is CN1CCC(N2CCC(NC(=O)c3cc(=O)c4ccccc4[nH]3)C2)CC1. The third kappa shape index (κ3) is 3.52. The Morgan fingerprint density at radius 1 is 1.15 bits per heavy atom. The van der Waals surface area contributed by atoms with E-state index in [4.69, 9.17) is 0 Å². The predicted octanol–water partition coefficient (Wildman–Crippen LogP) is 1.43. The number of amides is 1. The first kappa shape index (κ1) is 17.2. The normalized spacial score (nSPS) is 22.7. The van der Waals surface area contributed by atoms with Crippen molar-refractivity contribution in [2.24, 2.45) is 0 Å². The Bertz CT molecular complexity index is 854. The average Bonchev–Trinajstić information content (AvgIpc) is 3.10. The number of likely N-dealkylation sites (tertiary alicyclic amines) is 2. The van der Waals surface area contributed by atoms with Crippen molar-refractivity contribution in [1.29, 1.82) is 0 Å². The van der Waals surface area contributed by atoms with Gasteiger partial charge in [-0.2, -0.15) is 0 Å². The second-order valence-electron chi connectivity index (χ2n) is 7.58. The molecular formula is C20H26N4O2. The minimum Gasteiger partial charge on any atom is -0.350 e. The summed E-state index contributed by atoms with van der Waals surface area (Å²) in [7, 11) is 2.17. The van der Waals surface area contributed by atoms with Crippen LogP contribution in [-0.2, 0) is 0 Å². The van der Waals surface area contributed by atoms with Gasteiger partial charge in [0.15, 0.2) is 5.43 Å². The molecule has 0 spiro atoms. The lowest BCUT2D eigenvalue weighted by Crippen LogP contribution is -2.44. The molecule has 2 aliphatic rings. The fraction of sp³-hybridized carbons (Fsp3) is 0.500. The maximum absolute atomic E-state index is 12.6. The topological polar surface area (TPSA) is 68.4 Å². The number of hydrogen-bond donors (Lipinski definition) is 2. The van der Waals surface area contributed by atoms with Gasteiger partial charge in [0.2, 0.25) is 0 Å². The van der Waals surface area contributed by atoms with E-state index in [-0.39, 0.29) is 17.4 Å². The lowest BCUT2D eigenvalue weighted by atomic mass is 10.0. The van der Waals surface area contributed by atoms with Crippen LogP contribution in [0.5, 0.6) is 0 Å². The Balaban J connectivity index is 1.40. The summed E-state index contributed by atoms with van der Waals surface area (Å²) < 4.78 is 0. The minimum absolute atomic E-state index is 0.121. The number of H-pyrrole nitrogens is 1. The summed E-state index contributed by atoms with van der Waals surface area (Å²) in [5.41, 5.74) is 0.917. The highest BCUT2D eigenvalue weighted by atomic mass is 16.2. The van der Waals surface area contributed by atoms with Gasteiger partial charge in [0.1, 0.15) is 5.69 Å². The van der Waals surface area contributed by atoms with Crippen LogP contribution in [0.3, 0.4) is 0 Å². The Morgan fingerprint density at radius 3 is 2.73 bits per heavy atom. The molecule has 6 heteroatoms. The van der Waals surface area contributed by atoms with E-state index in [1.807, 2.05) is 18.2 Å². The standard InChI is InChI=1S/C20H26N4O2/c1-23-9-7-15(8-10-23)24-11-6-14(13-24)21-20(26)18-12-19(25)16-4-2-3-5-17(16)22-18/h2-5,12,14-15H,6-11,13H2,1H3,(H,21,26)(H,22,25). The quantitative estimate of drug-likeness (QED) is 0.875. The highest BCUT2D eigenvalue weighted by Gasteiger charge is 2.31. The summed E-state index contributed by atoms with van der Waals surface area (Å²) in [6.07, 6.45) is 3.38. The van der Waals surface area contributed by atoms with Gasteiger partial charge < -0.3 is 15.2 Å². The second-order valence-corrected chi connectivity index (χ2v) is 7.58.